The van der Waals surface area contributed by atoms with Crippen molar-refractivity contribution >= 4 is 23.6 Å². The van der Waals surface area contributed by atoms with Crippen molar-refractivity contribution in [3.05, 3.63) is 34.6 Å². The molecule has 1 aliphatic carbocycles. The standard InChI is InChI=1S/C16H20ClFN2O3/c1-9(13-7-4-11(18)8-14(13)17)19-16(23)20-12-5-2-10(3-6-12)15(21)22/h4,7-10,12H,2-3,5-6H2,1H3,(H,21,22)(H2,19,20,23). The molecule has 0 saturated heterocycles. The Labute approximate surface area is 139 Å². The van der Waals surface area contributed by atoms with E-state index < -0.39 is 11.8 Å². The van der Waals surface area contributed by atoms with Crippen LogP contribution in [0.1, 0.15) is 44.2 Å². The van der Waals surface area contributed by atoms with Crippen molar-refractivity contribution in [1.82, 2.24) is 10.6 Å². The molecule has 0 spiro atoms. The maximum absolute atomic E-state index is 13.0. The van der Waals surface area contributed by atoms with Crippen LogP contribution in [-0.4, -0.2) is 23.1 Å². The van der Waals surface area contributed by atoms with Crippen LogP contribution in [0, 0.1) is 11.7 Å². The molecule has 2 rings (SSSR count). The molecule has 1 saturated carbocycles. The van der Waals surface area contributed by atoms with E-state index in [4.69, 9.17) is 16.7 Å². The number of aliphatic carboxylic acids is 1. The summed E-state index contributed by atoms with van der Waals surface area (Å²) in [6.07, 6.45) is 2.44. The first-order chi connectivity index (χ1) is 10.9. The molecule has 0 aromatic heterocycles. The fourth-order valence-electron chi connectivity index (χ4n) is 2.84. The van der Waals surface area contributed by atoms with E-state index in [0.29, 0.717) is 31.2 Å². The average molecular weight is 343 g/mol. The van der Waals surface area contributed by atoms with E-state index in [1.165, 1.54) is 12.1 Å². The Hall–Kier alpha value is -1.82. The molecule has 23 heavy (non-hydrogen) atoms. The van der Waals surface area contributed by atoms with Crippen LogP contribution < -0.4 is 10.6 Å². The number of hydrogen-bond acceptors (Lipinski definition) is 2. The van der Waals surface area contributed by atoms with Crippen LogP contribution in [-0.2, 0) is 4.79 Å². The van der Waals surface area contributed by atoms with Gasteiger partial charge in [0.05, 0.1) is 12.0 Å². The quantitative estimate of drug-likeness (QED) is 0.783. The van der Waals surface area contributed by atoms with Gasteiger partial charge in [-0.2, -0.15) is 0 Å². The number of hydrogen-bond donors (Lipinski definition) is 3. The van der Waals surface area contributed by atoms with Crippen LogP contribution in [0.25, 0.3) is 0 Å². The summed E-state index contributed by atoms with van der Waals surface area (Å²) in [7, 11) is 0. The summed E-state index contributed by atoms with van der Waals surface area (Å²) in [4.78, 5) is 22.9. The van der Waals surface area contributed by atoms with Crippen molar-refractivity contribution in [2.45, 2.75) is 44.7 Å². The van der Waals surface area contributed by atoms with Crippen molar-refractivity contribution in [3.8, 4) is 0 Å². The normalized spacial score (nSPS) is 22.2. The smallest absolute Gasteiger partial charge is 0.315 e. The van der Waals surface area contributed by atoms with Gasteiger partial charge in [0.15, 0.2) is 0 Å². The molecule has 0 heterocycles. The second-order valence-corrected chi connectivity index (χ2v) is 6.30. The molecule has 5 nitrogen and oxygen atoms in total. The van der Waals surface area contributed by atoms with Crippen LogP contribution in [0.4, 0.5) is 9.18 Å². The molecule has 2 amide bonds. The minimum atomic E-state index is -0.771. The zero-order valence-corrected chi connectivity index (χ0v) is 13.6. The minimum absolute atomic E-state index is 0.0264. The van der Waals surface area contributed by atoms with E-state index in [9.17, 15) is 14.0 Å². The predicted octanol–water partition coefficient (Wildman–Crippen LogP) is 3.48. The van der Waals surface area contributed by atoms with Gasteiger partial charge in [0, 0.05) is 11.1 Å². The molecule has 7 heteroatoms. The van der Waals surface area contributed by atoms with Gasteiger partial charge in [0.25, 0.3) is 0 Å². The highest BCUT2D eigenvalue weighted by molar-refractivity contribution is 6.31. The summed E-state index contributed by atoms with van der Waals surface area (Å²) >= 11 is 5.98. The number of nitrogens with one attached hydrogen (secondary N) is 2. The van der Waals surface area contributed by atoms with E-state index in [0.717, 1.165) is 0 Å². The zero-order valence-electron chi connectivity index (χ0n) is 12.8. The van der Waals surface area contributed by atoms with Gasteiger partial charge in [-0.1, -0.05) is 17.7 Å². The summed E-state index contributed by atoms with van der Waals surface area (Å²) in [6, 6.07) is 3.32. The van der Waals surface area contributed by atoms with Crippen LogP contribution in [0.15, 0.2) is 18.2 Å². The first kappa shape index (κ1) is 17.5. The number of carboxylic acids is 1. The lowest BCUT2D eigenvalue weighted by Gasteiger charge is -2.27. The summed E-state index contributed by atoms with van der Waals surface area (Å²) < 4.78 is 13.0. The number of rotatable bonds is 4. The van der Waals surface area contributed by atoms with Crippen molar-refractivity contribution in [3.63, 3.8) is 0 Å². The summed E-state index contributed by atoms with van der Waals surface area (Å²) in [5.74, 6) is -1.51. The lowest BCUT2D eigenvalue weighted by molar-refractivity contribution is -0.142. The third kappa shape index (κ3) is 4.82. The molecular weight excluding hydrogens is 323 g/mol. The fraction of sp³-hybridized carbons (Fsp3) is 0.500. The number of benzene rings is 1. The van der Waals surface area contributed by atoms with E-state index in [1.54, 1.807) is 13.0 Å². The van der Waals surface area contributed by atoms with Crippen molar-refractivity contribution in [2.75, 3.05) is 0 Å². The average Bonchev–Trinajstić information content (AvgIpc) is 2.47. The molecule has 1 fully saturated rings. The molecule has 1 aliphatic rings. The largest absolute Gasteiger partial charge is 0.481 e. The Balaban J connectivity index is 1.84. The second-order valence-electron chi connectivity index (χ2n) is 5.89. The number of carbonyl (C=O) groups excluding carboxylic acids is 1. The van der Waals surface area contributed by atoms with Crippen LogP contribution in [0.3, 0.4) is 0 Å². The third-order valence-electron chi connectivity index (χ3n) is 4.19. The molecule has 1 unspecified atom stereocenters. The molecule has 1 aromatic carbocycles. The summed E-state index contributed by atoms with van der Waals surface area (Å²) in [6.45, 7) is 1.76. The fourth-order valence-corrected chi connectivity index (χ4v) is 3.17. The Morgan fingerprint density at radius 2 is 1.96 bits per heavy atom. The van der Waals surface area contributed by atoms with Gasteiger partial charge in [-0.05, 0) is 50.3 Å². The number of carbonyl (C=O) groups is 2. The van der Waals surface area contributed by atoms with E-state index in [2.05, 4.69) is 10.6 Å². The Morgan fingerprint density at radius 3 is 2.52 bits per heavy atom. The number of halogens is 2. The lowest BCUT2D eigenvalue weighted by atomic mass is 9.86. The molecule has 1 aromatic rings. The number of urea groups is 1. The maximum atomic E-state index is 13.0. The monoisotopic (exact) mass is 342 g/mol. The first-order valence-electron chi connectivity index (χ1n) is 7.61. The molecule has 3 N–H and O–H groups in total. The molecule has 0 radical (unpaired) electrons. The topological polar surface area (TPSA) is 78.4 Å². The van der Waals surface area contributed by atoms with Crippen LogP contribution in [0.2, 0.25) is 5.02 Å². The highest BCUT2D eigenvalue weighted by atomic mass is 35.5. The number of amides is 2. The Morgan fingerprint density at radius 1 is 1.30 bits per heavy atom. The van der Waals surface area contributed by atoms with E-state index >= 15 is 0 Å². The van der Waals surface area contributed by atoms with Gasteiger partial charge < -0.3 is 15.7 Å². The van der Waals surface area contributed by atoms with Gasteiger partial charge in [0.1, 0.15) is 5.82 Å². The van der Waals surface area contributed by atoms with Gasteiger partial charge in [-0.15, -0.1) is 0 Å². The van der Waals surface area contributed by atoms with Gasteiger partial charge in [-0.25, -0.2) is 9.18 Å². The SMILES string of the molecule is CC(NC(=O)NC1CCC(C(=O)O)CC1)c1ccc(F)cc1Cl. The highest BCUT2D eigenvalue weighted by Crippen LogP contribution is 2.25. The molecule has 126 valence electrons. The number of carboxylic acid groups (broad SMARTS) is 1. The Bertz CT molecular complexity index is 589. The van der Waals surface area contributed by atoms with Crippen molar-refractivity contribution in [1.29, 1.82) is 0 Å². The minimum Gasteiger partial charge on any atom is -0.481 e. The van der Waals surface area contributed by atoms with Crippen molar-refractivity contribution in [2.24, 2.45) is 5.92 Å². The first-order valence-corrected chi connectivity index (χ1v) is 7.99. The summed E-state index contributed by atoms with van der Waals surface area (Å²) in [5, 5.41) is 14.8. The van der Waals surface area contributed by atoms with Crippen LogP contribution in [0.5, 0.6) is 0 Å². The van der Waals surface area contributed by atoms with Crippen molar-refractivity contribution < 1.29 is 19.1 Å². The predicted molar refractivity (Wildman–Crippen MR) is 84.9 cm³/mol. The summed E-state index contributed by atoms with van der Waals surface area (Å²) in [5.41, 5.74) is 0.637. The van der Waals surface area contributed by atoms with Crippen LogP contribution >= 0.6 is 11.6 Å². The van der Waals surface area contributed by atoms with E-state index in [-0.39, 0.29) is 29.1 Å². The van der Waals surface area contributed by atoms with Gasteiger partial charge in [0.2, 0.25) is 0 Å². The Kier molecular flexibility index (Phi) is 5.82. The maximum Gasteiger partial charge on any atom is 0.315 e. The zero-order chi connectivity index (χ0) is 17.0. The molecule has 0 bridgehead atoms. The highest BCUT2D eigenvalue weighted by Gasteiger charge is 2.27. The lowest BCUT2D eigenvalue weighted by Crippen LogP contribution is -2.44. The molecule has 1 atom stereocenters. The van der Waals surface area contributed by atoms with Gasteiger partial charge >= 0.3 is 12.0 Å². The van der Waals surface area contributed by atoms with E-state index in [1.807, 2.05) is 0 Å². The molecular formula is C16H20ClFN2O3. The van der Waals surface area contributed by atoms with Gasteiger partial charge in [-0.3, -0.25) is 4.79 Å². The second kappa shape index (κ2) is 7.64. The third-order valence-corrected chi connectivity index (χ3v) is 4.52. The molecule has 0 aliphatic heterocycles.